The maximum atomic E-state index is 12.2. The molecule has 2 aromatic rings. The predicted molar refractivity (Wildman–Crippen MR) is 104 cm³/mol. The summed E-state index contributed by atoms with van der Waals surface area (Å²) in [6.07, 6.45) is 1.28. The van der Waals surface area contributed by atoms with Crippen molar-refractivity contribution in [2.45, 2.75) is 9.92 Å². The maximum Gasteiger partial charge on any atom is 0.244 e. The lowest BCUT2D eigenvalue weighted by molar-refractivity contribution is -0.113. The third-order valence-electron chi connectivity index (χ3n) is 3.52. The molecule has 1 aromatic heterocycles. The first-order valence-corrected chi connectivity index (χ1v) is 10.2. The normalized spacial score (nSPS) is 11.3. The van der Waals surface area contributed by atoms with Crippen LogP contribution in [0, 0.1) is 0 Å². The molecular weight excluding hydrogens is 390 g/mol. The van der Waals surface area contributed by atoms with Gasteiger partial charge in [-0.15, -0.1) is 0 Å². The third kappa shape index (κ3) is 5.34. The zero-order chi connectivity index (χ0) is 20.0. The molecule has 1 aromatic carbocycles. The molecule has 1 heterocycles. The highest BCUT2D eigenvalue weighted by atomic mass is 32.2. The summed E-state index contributed by atoms with van der Waals surface area (Å²) in [4.78, 5) is 16.4. The molecule has 1 amide bonds. The first-order valence-electron chi connectivity index (χ1n) is 7.81. The Bertz CT molecular complexity index is 899. The summed E-state index contributed by atoms with van der Waals surface area (Å²) in [5, 5.41) is 3.30. The van der Waals surface area contributed by atoms with E-state index in [0.29, 0.717) is 22.2 Å². The molecule has 0 aliphatic carbocycles. The number of hydrogen-bond donors (Lipinski definition) is 1. The second kappa shape index (κ2) is 9.07. The molecule has 0 radical (unpaired) electrons. The van der Waals surface area contributed by atoms with Crippen LogP contribution in [0.4, 0.5) is 5.69 Å². The summed E-state index contributed by atoms with van der Waals surface area (Å²) in [5.41, 5.74) is 0.503. The first-order chi connectivity index (χ1) is 12.8. The molecule has 0 atom stereocenters. The van der Waals surface area contributed by atoms with Crippen LogP contribution < -0.4 is 14.8 Å². The van der Waals surface area contributed by atoms with Crippen molar-refractivity contribution in [3.63, 3.8) is 0 Å². The van der Waals surface area contributed by atoms with Crippen molar-refractivity contribution in [1.29, 1.82) is 0 Å². The Balaban J connectivity index is 2.00. The highest BCUT2D eigenvalue weighted by Crippen LogP contribution is 2.29. The number of hydrogen-bond acceptors (Lipinski definition) is 7. The topological polar surface area (TPSA) is 97.8 Å². The summed E-state index contributed by atoms with van der Waals surface area (Å²) >= 11 is 1.20. The van der Waals surface area contributed by atoms with Crippen LogP contribution >= 0.6 is 11.8 Å². The van der Waals surface area contributed by atoms with E-state index in [2.05, 4.69) is 10.3 Å². The van der Waals surface area contributed by atoms with Gasteiger partial charge in [0, 0.05) is 26.4 Å². The van der Waals surface area contributed by atoms with E-state index in [4.69, 9.17) is 9.47 Å². The van der Waals surface area contributed by atoms with Gasteiger partial charge in [0.05, 0.1) is 30.7 Å². The molecule has 1 N–H and O–H groups in total. The van der Waals surface area contributed by atoms with Gasteiger partial charge in [0.25, 0.3) is 0 Å². The van der Waals surface area contributed by atoms with Crippen LogP contribution in [0.5, 0.6) is 11.5 Å². The molecule has 8 nitrogen and oxygen atoms in total. The number of nitrogens with one attached hydrogen (secondary N) is 1. The number of carbonyl (C=O) groups excluding carboxylic acids is 1. The second-order valence-electron chi connectivity index (χ2n) is 5.52. The van der Waals surface area contributed by atoms with Gasteiger partial charge in [0.1, 0.15) is 16.4 Å². The summed E-state index contributed by atoms with van der Waals surface area (Å²) < 4.78 is 35.5. The zero-order valence-electron chi connectivity index (χ0n) is 15.4. The van der Waals surface area contributed by atoms with Crippen molar-refractivity contribution >= 4 is 33.4 Å². The molecule has 0 saturated heterocycles. The average molecular weight is 412 g/mol. The number of rotatable bonds is 8. The summed E-state index contributed by atoms with van der Waals surface area (Å²) in [5.74, 6) is 0.967. The highest BCUT2D eigenvalue weighted by molar-refractivity contribution is 7.99. The fraction of sp³-hybridized carbons (Fsp3) is 0.294. The van der Waals surface area contributed by atoms with Gasteiger partial charge >= 0.3 is 0 Å². The molecule has 0 aliphatic rings. The van der Waals surface area contributed by atoms with Crippen LogP contribution in [0.3, 0.4) is 0 Å². The van der Waals surface area contributed by atoms with Gasteiger partial charge in [-0.05, 0) is 24.3 Å². The van der Waals surface area contributed by atoms with Gasteiger partial charge in [-0.3, -0.25) is 4.79 Å². The van der Waals surface area contributed by atoms with Crippen molar-refractivity contribution in [2.75, 3.05) is 39.4 Å². The fourth-order valence-corrected chi connectivity index (χ4v) is 3.54. The number of thioether (sulfide) groups is 1. The Morgan fingerprint density at radius 3 is 2.48 bits per heavy atom. The molecule has 146 valence electrons. The van der Waals surface area contributed by atoms with Crippen LogP contribution in [-0.4, -0.2) is 57.7 Å². The average Bonchev–Trinajstić information content (AvgIpc) is 2.66. The molecule has 0 saturated carbocycles. The zero-order valence-corrected chi connectivity index (χ0v) is 17.1. The number of aromatic nitrogens is 1. The SMILES string of the molecule is COc1ccc(OC)c(NC(=O)CSc2ccc(S(=O)(=O)N(C)C)cn2)c1. The van der Waals surface area contributed by atoms with E-state index in [1.54, 1.807) is 24.3 Å². The quantitative estimate of drug-likeness (QED) is 0.664. The van der Waals surface area contributed by atoms with E-state index < -0.39 is 10.0 Å². The number of nitrogens with zero attached hydrogens (tertiary/aromatic N) is 2. The van der Waals surface area contributed by atoms with E-state index in [1.165, 1.54) is 52.3 Å². The Morgan fingerprint density at radius 1 is 1.19 bits per heavy atom. The monoisotopic (exact) mass is 411 g/mol. The number of sulfonamides is 1. The molecule has 0 spiro atoms. The summed E-state index contributed by atoms with van der Waals surface area (Å²) in [7, 11) is 2.43. The van der Waals surface area contributed by atoms with Crippen LogP contribution in [0.15, 0.2) is 46.5 Å². The Hall–Kier alpha value is -2.30. The van der Waals surface area contributed by atoms with Crippen molar-refractivity contribution in [2.24, 2.45) is 0 Å². The van der Waals surface area contributed by atoms with Crippen LogP contribution in [-0.2, 0) is 14.8 Å². The minimum atomic E-state index is -3.52. The van der Waals surface area contributed by atoms with E-state index in [1.807, 2.05) is 0 Å². The number of ether oxygens (including phenoxy) is 2. The van der Waals surface area contributed by atoms with Gasteiger partial charge in [0.15, 0.2) is 0 Å². The highest BCUT2D eigenvalue weighted by Gasteiger charge is 2.17. The smallest absolute Gasteiger partial charge is 0.244 e. The maximum absolute atomic E-state index is 12.2. The number of carbonyl (C=O) groups is 1. The van der Waals surface area contributed by atoms with Crippen LogP contribution in [0.25, 0.3) is 0 Å². The van der Waals surface area contributed by atoms with Crippen molar-refractivity contribution in [3.05, 3.63) is 36.5 Å². The largest absolute Gasteiger partial charge is 0.497 e. The van der Waals surface area contributed by atoms with E-state index in [9.17, 15) is 13.2 Å². The van der Waals surface area contributed by atoms with Gasteiger partial charge in [0.2, 0.25) is 15.9 Å². The molecule has 27 heavy (non-hydrogen) atoms. The Labute approximate surface area is 162 Å². The molecule has 0 bridgehead atoms. The standard InChI is InChI=1S/C17H21N3O5S2/c1-20(2)27(22,23)13-6-8-17(18-10-13)26-11-16(21)19-14-9-12(24-3)5-7-15(14)25-4/h5-10H,11H2,1-4H3,(H,19,21). The first kappa shape index (κ1) is 21.0. The number of pyridine rings is 1. The number of methoxy groups -OCH3 is 2. The fourth-order valence-electron chi connectivity index (χ4n) is 2.05. The molecule has 0 aliphatic heterocycles. The number of benzene rings is 1. The third-order valence-corrected chi connectivity index (χ3v) is 6.26. The Kier molecular flexibility index (Phi) is 7.05. The molecule has 0 fully saturated rings. The summed E-state index contributed by atoms with van der Waals surface area (Å²) in [6, 6.07) is 8.14. The van der Waals surface area contributed by atoms with E-state index >= 15 is 0 Å². The molecule has 2 rings (SSSR count). The minimum absolute atomic E-state index is 0.0995. The van der Waals surface area contributed by atoms with E-state index in [-0.39, 0.29) is 16.6 Å². The predicted octanol–water partition coefficient (Wildman–Crippen LogP) is 2.08. The number of anilines is 1. The lowest BCUT2D eigenvalue weighted by Gasteiger charge is -2.12. The lowest BCUT2D eigenvalue weighted by atomic mass is 10.2. The van der Waals surface area contributed by atoms with Gasteiger partial charge in [-0.25, -0.2) is 17.7 Å². The van der Waals surface area contributed by atoms with Crippen molar-refractivity contribution < 1.29 is 22.7 Å². The molecular formula is C17H21N3O5S2. The van der Waals surface area contributed by atoms with Gasteiger partial charge < -0.3 is 14.8 Å². The van der Waals surface area contributed by atoms with Gasteiger partial charge in [-0.1, -0.05) is 11.8 Å². The molecule has 10 heteroatoms. The Morgan fingerprint density at radius 2 is 1.93 bits per heavy atom. The molecule has 0 unspecified atom stereocenters. The minimum Gasteiger partial charge on any atom is -0.497 e. The lowest BCUT2D eigenvalue weighted by Crippen LogP contribution is -2.22. The van der Waals surface area contributed by atoms with Crippen LogP contribution in [0.1, 0.15) is 0 Å². The van der Waals surface area contributed by atoms with Crippen LogP contribution in [0.2, 0.25) is 0 Å². The second-order valence-corrected chi connectivity index (χ2v) is 8.67. The van der Waals surface area contributed by atoms with Crippen molar-refractivity contribution in [3.8, 4) is 11.5 Å². The van der Waals surface area contributed by atoms with E-state index in [0.717, 1.165) is 4.31 Å². The van der Waals surface area contributed by atoms with Crippen molar-refractivity contribution in [1.82, 2.24) is 9.29 Å². The number of amides is 1. The summed E-state index contributed by atoms with van der Waals surface area (Å²) in [6.45, 7) is 0. The van der Waals surface area contributed by atoms with Gasteiger partial charge in [-0.2, -0.15) is 0 Å².